The molecule has 0 aliphatic rings. The number of fused-ring (bicyclic) bond motifs is 1. The first-order valence-corrected chi connectivity index (χ1v) is 6.45. The van der Waals surface area contributed by atoms with Gasteiger partial charge in [-0.25, -0.2) is 4.52 Å². The number of thiazole rings is 1. The van der Waals surface area contributed by atoms with Crippen molar-refractivity contribution in [2.75, 3.05) is 0 Å². The molecule has 0 bridgehead atoms. The van der Waals surface area contributed by atoms with Gasteiger partial charge in [0.2, 0.25) is 10.8 Å². The van der Waals surface area contributed by atoms with E-state index in [2.05, 4.69) is 15.1 Å². The summed E-state index contributed by atoms with van der Waals surface area (Å²) in [5, 5.41) is 13.2. The number of hydrogen-bond donors (Lipinski definition) is 1. The van der Waals surface area contributed by atoms with Crippen molar-refractivity contribution in [3.63, 3.8) is 0 Å². The summed E-state index contributed by atoms with van der Waals surface area (Å²) in [5.41, 5.74) is 1.52. The molecule has 0 fully saturated rings. The summed E-state index contributed by atoms with van der Waals surface area (Å²) in [7, 11) is 0. The van der Waals surface area contributed by atoms with Crippen LogP contribution in [0.25, 0.3) is 16.5 Å². The number of aryl methyl sites for hydroxylation is 1. The zero-order valence-electron chi connectivity index (χ0n) is 10.1. The molecule has 0 aliphatic heterocycles. The molecule has 0 aromatic carbocycles. The van der Waals surface area contributed by atoms with Crippen molar-refractivity contribution in [3.05, 3.63) is 35.0 Å². The fraction of sp³-hybridized carbons (Fsp3) is 0.167. The molecule has 96 valence electrons. The fourth-order valence-corrected chi connectivity index (χ4v) is 2.84. The molecule has 3 rings (SSSR count). The molecule has 0 saturated heterocycles. The van der Waals surface area contributed by atoms with Crippen molar-refractivity contribution in [2.45, 2.75) is 13.3 Å². The maximum atomic E-state index is 10.8. The monoisotopic (exact) mass is 274 g/mol. The zero-order valence-corrected chi connectivity index (χ0v) is 10.9. The third kappa shape index (κ3) is 2.08. The van der Waals surface area contributed by atoms with Crippen molar-refractivity contribution in [1.82, 2.24) is 19.6 Å². The Kier molecular flexibility index (Phi) is 2.75. The van der Waals surface area contributed by atoms with Crippen LogP contribution in [0.1, 0.15) is 10.6 Å². The Morgan fingerprint density at radius 2 is 2.32 bits per heavy atom. The summed E-state index contributed by atoms with van der Waals surface area (Å²) in [5.74, 6) is -0.297. The molecule has 0 aliphatic carbocycles. The molecule has 3 heterocycles. The Morgan fingerprint density at radius 3 is 2.95 bits per heavy atom. The first-order valence-electron chi connectivity index (χ1n) is 5.63. The van der Waals surface area contributed by atoms with Crippen molar-refractivity contribution < 1.29 is 9.90 Å². The van der Waals surface area contributed by atoms with Gasteiger partial charge in [0.25, 0.3) is 0 Å². The van der Waals surface area contributed by atoms with Crippen LogP contribution in [0.3, 0.4) is 0 Å². The second-order valence-electron chi connectivity index (χ2n) is 4.03. The number of rotatable bonds is 3. The van der Waals surface area contributed by atoms with E-state index < -0.39 is 5.97 Å². The molecule has 0 radical (unpaired) electrons. The van der Waals surface area contributed by atoms with E-state index in [1.54, 1.807) is 10.7 Å². The molecule has 0 saturated carbocycles. The van der Waals surface area contributed by atoms with Crippen molar-refractivity contribution >= 4 is 22.3 Å². The summed E-state index contributed by atoms with van der Waals surface area (Å²) in [6, 6.07) is 5.55. The number of nitrogens with zero attached hydrogens (tertiary/aromatic N) is 4. The number of carboxylic acid groups (broad SMARTS) is 1. The van der Waals surface area contributed by atoms with Crippen LogP contribution >= 0.6 is 11.3 Å². The van der Waals surface area contributed by atoms with Crippen LogP contribution in [-0.4, -0.2) is 30.7 Å². The van der Waals surface area contributed by atoms with Crippen molar-refractivity contribution in [1.29, 1.82) is 0 Å². The Bertz CT molecular complexity index is 748. The van der Waals surface area contributed by atoms with Crippen LogP contribution in [-0.2, 0) is 11.2 Å². The van der Waals surface area contributed by atoms with E-state index in [9.17, 15) is 4.79 Å². The normalized spacial score (nSPS) is 11.0. The average Bonchev–Trinajstić information content (AvgIpc) is 2.92. The van der Waals surface area contributed by atoms with Gasteiger partial charge >= 0.3 is 5.97 Å². The molecule has 0 atom stereocenters. The van der Waals surface area contributed by atoms with Crippen LogP contribution in [0.5, 0.6) is 0 Å². The number of pyridine rings is 1. The molecule has 6 nitrogen and oxygen atoms in total. The Labute approximate surface area is 112 Å². The lowest BCUT2D eigenvalue weighted by atomic mass is 10.3. The highest BCUT2D eigenvalue weighted by atomic mass is 32.1. The molecule has 1 N–H and O–H groups in total. The number of carbonyl (C=O) groups is 1. The van der Waals surface area contributed by atoms with Gasteiger partial charge in [-0.2, -0.15) is 4.98 Å². The van der Waals surface area contributed by atoms with E-state index in [0.717, 1.165) is 10.6 Å². The first kappa shape index (κ1) is 11.8. The summed E-state index contributed by atoms with van der Waals surface area (Å²) < 4.78 is 1.67. The van der Waals surface area contributed by atoms with Crippen LogP contribution in [0, 0.1) is 6.92 Å². The molecular formula is C12H10N4O2S. The topological polar surface area (TPSA) is 80.4 Å². The maximum absolute atomic E-state index is 10.8. The summed E-state index contributed by atoms with van der Waals surface area (Å²) >= 11 is 1.35. The number of aromatic nitrogens is 4. The van der Waals surface area contributed by atoms with Crippen LogP contribution in [0.2, 0.25) is 0 Å². The molecular weight excluding hydrogens is 264 g/mol. The lowest BCUT2D eigenvalue weighted by Crippen LogP contribution is -2.00. The van der Waals surface area contributed by atoms with Gasteiger partial charge in [0.05, 0.1) is 12.1 Å². The molecule has 7 heteroatoms. The highest BCUT2D eigenvalue weighted by Crippen LogP contribution is 2.24. The fourth-order valence-electron chi connectivity index (χ4n) is 1.79. The SMILES string of the molecule is Cc1c(CC(=O)O)sc2nc(-c3ccccn3)nn12. The van der Waals surface area contributed by atoms with Crippen LogP contribution < -0.4 is 0 Å². The Hall–Kier alpha value is -2.28. The number of hydrogen-bond acceptors (Lipinski definition) is 5. The molecule has 3 aromatic heterocycles. The lowest BCUT2D eigenvalue weighted by molar-refractivity contribution is -0.136. The van der Waals surface area contributed by atoms with Crippen LogP contribution in [0.15, 0.2) is 24.4 Å². The minimum Gasteiger partial charge on any atom is -0.481 e. The average molecular weight is 274 g/mol. The Balaban J connectivity index is 2.06. The third-order valence-electron chi connectivity index (χ3n) is 2.72. The number of carboxylic acids is 1. The van der Waals surface area contributed by atoms with Gasteiger partial charge in [-0.05, 0) is 19.1 Å². The van der Waals surface area contributed by atoms with Gasteiger partial charge in [-0.1, -0.05) is 17.4 Å². The van der Waals surface area contributed by atoms with E-state index >= 15 is 0 Å². The summed E-state index contributed by atoms with van der Waals surface area (Å²) in [6.07, 6.45) is 1.69. The molecule has 0 unspecified atom stereocenters. The van der Waals surface area contributed by atoms with E-state index in [1.165, 1.54) is 11.3 Å². The van der Waals surface area contributed by atoms with Crippen molar-refractivity contribution in [3.8, 4) is 11.5 Å². The lowest BCUT2D eigenvalue weighted by Gasteiger charge is -1.94. The first-order chi connectivity index (χ1) is 9.15. The van der Waals surface area contributed by atoms with Gasteiger partial charge in [-0.15, -0.1) is 5.10 Å². The van der Waals surface area contributed by atoms with Gasteiger partial charge in [-0.3, -0.25) is 9.78 Å². The van der Waals surface area contributed by atoms with Gasteiger partial charge in [0.15, 0.2) is 0 Å². The maximum Gasteiger partial charge on any atom is 0.308 e. The minimum atomic E-state index is -0.849. The minimum absolute atomic E-state index is 0.000457. The standard InChI is InChI=1S/C12H10N4O2S/c1-7-9(6-10(17)18)19-12-14-11(15-16(7)12)8-4-2-3-5-13-8/h2-5H,6H2,1H3,(H,17,18). The quantitative estimate of drug-likeness (QED) is 0.787. The van der Waals surface area contributed by atoms with Crippen LogP contribution in [0.4, 0.5) is 0 Å². The molecule has 19 heavy (non-hydrogen) atoms. The van der Waals surface area contributed by atoms with Gasteiger partial charge in [0.1, 0.15) is 5.69 Å². The van der Waals surface area contributed by atoms with E-state index in [1.807, 2.05) is 25.1 Å². The summed E-state index contributed by atoms with van der Waals surface area (Å²) in [6.45, 7) is 1.85. The van der Waals surface area contributed by atoms with Crippen molar-refractivity contribution in [2.24, 2.45) is 0 Å². The Morgan fingerprint density at radius 1 is 1.47 bits per heavy atom. The second kappa shape index (κ2) is 4.43. The van der Waals surface area contributed by atoms with Gasteiger partial charge < -0.3 is 5.11 Å². The summed E-state index contributed by atoms with van der Waals surface area (Å²) in [4.78, 5) is 20.8. The highest BCUT2D eigenvalue weighted by molar-refractivity contribution is 7.17. The smallest absolute Gasteiger partial charge is 0.308 e. The molecule has 0 amide bonds. The highest BCUT2D eigenvalue weighted by Gasteiger charge is 2.16. The zero-order chi connectivity index (χ0) is 13.4. The third-order valence-corrected chi connectivity index (χ3v) is 3.85. The van der Waals surface area contributed by atoms with Gasteiger partial charge in [0, 0.05) is 11.1 Å². The molecule has 3 aromatic rings. The van der Waals surface area contributed by atoms with E-state index in [-0.39, 0.29) is 6.42 Å². The predicted octanol–water partition coefficient (Wildman–Crippen LogP) is 1.79. The second-order valence-corrected chi connectivity index (χ2v) is 5.09. The predicted molar refractivity (Wildman–Crippen MR) is 70.2 cm³/mol. The van der Waals surface area contributed by atoms with E-state index in [0.29, 0.717) is 16.5 Å². The number of aliphatic carboxylic acids is 1. The van der Waals surface area contributed by atoms with E-state index in [4.69, 9.17) is 5.11 Å². The largest absolute Gasteiger partial charge is 0.481 e. The molecule has 0 spiro atoms.